The molecule has 0 aliphatic carbocycles. The molecule has 1 rings (SSSR count). The molecule has 4 N–H and O–H groups in total. The molecule has 3 amide bonds. The molecule has 0 heterocycles. The van der Waals surface area contributed by atoms with E-state index in [9.17, 15) is 19.2 Å². The SMILES string of the molecule is CC.CC(=O)Nc1ccc(C(C)(C)C)c(NC(C)=O)c1.O=CNCC(=O)O. The predicted molar refractivity (Wildman–Crippen MR) is 107 cm³/mol. The number of anilines is 2. The average molecular weight is 381 g/mol. The Morgan fingerprint density at radius 1 is 1.04 bits per heavy atom. The maximum Gasteiger partial charge on any atom is 0.322 e. The summed E-state index contributed by atoms with van der Waals surface area (Å²) in [5.74, 6) is -1.29. The first kappa shape index (κ1) is 26.3. The topological polar surface area (TPSA) is 125 Å². The highest BCUT2D eigenvalue weighted by atomic mass is 16.4. The average Bonchev–Trinajstić information content (AvgIpc) is 2.53. The smallest absolute Gasteiger partial charge is 0.322 e. The van der Waals surface area contributed by atoms with Crippen LogP contribution in [0.4, 0.5) is 11.4 Å². The molecule has 0 fully saturated rings. The lowest BCUT2D eigenvalue weighted by Crippen LogP contribution is -2.20. The summed E-state index contributed by atoms with van der Waals surface area (Å²) in [4.78, 5) is 41.1. The number of hydrogen-bond acceptors (Lipinski definition) is 4. The zero-order chi connectivity index (χ0) is 21.6. The molecular formula is C19H31N3O5. The molecule has 0 radical (unpaired) electrons. The van der Waals surface area contributed by atoms with Crippen molar-refractivity contribution in [2.45, 2.75) is 53.9 Å². The molecule has 0 bridgehead atoms. The van der Waals surface area contributed by atoms with E-state index in [2.05, 4.69) is 31.4 Å². The Hall–Kier alpha value is -2.90. The van der Waals surface area contributed by atoms with E-state index in [-0.39, 0.29) is 23.8 Å². The van der Waals surface area contributed by atoms with Crippen LogP contribution < -0.4 is 16.0 Å². The van der Waals surface area contributed by atoms with Gasteiger partial charge in [0.15, 0.2) is 0 Å². The number of nitrogens with one attached hydrogen (secondary N) is 3. The third-order valence-electron chi connectivity index (χ3n) is 2.80. The molecule has 0 aliphatic rings. The number of carbonyl (C=O) groups is 4. The minimum atomic E-state index is -1.04. The van der Waals surface area contributed by atoms with E-state index in [1.54, 1.807) is 6.07 Å². The molecule has 1 aromatic rings. The van der Waals surface area contributed by atoms with E-state index in [1.807, 2.05) is 31.3 Å². The summed E-state index contributed by atoms with van der Waals surface area (Å²) in [5.41, 5.74) is 2.37. The van der Waals surface area contributed by atoms with Crippen molar-refractivity contribution in [1.82, 2.24) is 5.32 Å². The van der Waals surface area contributed by atoms with Gasteiger partial charge in [0.1, 0.15) is 6.54 Å². The van der Waals surface area contributed by atoms with Crippen LogP contribution in [0.1, 0.15) is 54.0 Å². The molecule has 27 heavy (non-hydrogen) atoms. The maximum atomic E-state index is 11.2. The summed E-state index contributed by atoms with van der Waals surface area (Å²) in [7, 11) is 0. The number of carboxylic acids is 1. The van der Waals surface area contributed by atoms with Crippen molar-refractivity contribution in [2.75, 3.05) is 17.2 Å². The fourth-order valence-electron chi connectivity index (χ4n) is 1.90. The molecule has 0 aromatic heterocycles. The van der Waals surface area contributed by atoms with Gasteiger partial charge in [0.2, 0.25) is 18.2 Å². The van der Waals surface area contributed by atoms with E-state index in [0.29, 0.717) is 12.1 Å². The number of amides is 3. The molecule has 152 valence electrons. The Kier molecular flexibility index (Phi) is 13.0. The van der Waals surface area contributed by atoms with Gasteiger partial charge in [-0.2, -0.15) is 0 Å². The van der Waals surface area contributed by atoms with Gasteiger partial charge in [0, 0.05) is 25.2 Å². The second-order valence-corrected chi connectivity index (χ2v) is 6.27. The molecule has 0 saturated heterocycles. The van der Waals surface area contributed by atoms with E-state index < -0.39 is 5.97 Å². The summed E-state index contributed by atoms with van der Waals surface area (Å²) in [6, 6.07) is 5.55. The fraction of sp³-hybridized carbons (Fsp3) is 0.474. The van der Waals surface area contributed by atoms with Gasteiger partial charge in [-0.25, -0.2) is 0 Å². The third-order valence-corrected chi connectivity index (χ3v) is 2.80. The van der Waals surface area contributed by atoms with E-state index in [0.717, 1.165) is 11.3 Å². The second kappa shape index (κ2) is 13.3. The van der Waals surface area contributed by atoms with Crippen LogP contribution in [-0.4, -0.2) is 35.8 Å². The third kappa shape index (κ3) is 13.0. The number of benzene rings is 1. The lowest BCUT2D eigenvalue weighted by molar-refractivity contribution is -0.136. The summed E-state index contributed by atoms with van der Waals surface area (Å²) in [6.07, 6.45) is 0.341. The van der Waals surface area contributed by atoms with Gasteiger partial charge in [-0.3, -0.25) is 19.2 Å². The maximum absolute atomic E-state index is 11.2. The lowest BCUT2D eigenvalue weighted by atomic mass is 9.85. The van der Waals surface area contributed by atoms with Gasteiger partial charge in [0.05, 0.1) is 0 Å². The second-order valence-electron chi connectivity index (χ2n) is 6.27. The zero-order valence-corrected chi connectivity index (χ0v) is 17.1. The van der Waals surface area contributed by atoms with Gasteiger partial charge < -0.3 is 21.1 Å². The van der Waals surface area contributed by atoms with Gasteiger partial charge in [-0.05, 0) is 23.1 Å². The molecule has 0 unspecified atom stereocenters. The van der Waals surface area contributed by atoms with Crippen molar-refractivity contribution in [3.8, 4) is 0 Å². The molecule has 8 nitrogen and oxygen atoms in total. The van der Waals surface area contributed by atoms with E-state index in [4.69, 9.17) is 5.11 Å². The van der Waals surface area contributed by atoms with Crippen LogP contribution in [0, 0.1) is 0 Å². The van der Waals surface area contributed by atoms with Crippen LogP contribution in [0.15, 0.2) is 18.2 Å². The Bertz CT molecular complexity index is 637. The van der Waals surface area contributed by atoms with Crippen LogP contribution >= 0.6 is 0 Å². The normalized spacial score (nSPS) is 9.44. The highest BCUT2D eigenvalue weighted by molar-refractivity contribution is 5.93. The van der Waals surface area contributed by atoms with Crippen LogP contribution in [-0.2, 0) is 24.6 Å². The molecule has 0 aliphatic heterocycles. The van der Waals surface area contributed by atoms with Crippen LogP contribution in [0.25, 0.3) is 0 Å². The number of aliphatic carboxylic acids is 1. The van der Waals surface area contributed by atoms with Crippen molar-refractivity contribution in [3.63, 3.8) is 0 Å². The number of carbonyl (C=O) groups excluding carboxylic acids is 3. The first-order chi connectivity index (χ1) is 12.5. The Labute approximate surface area is 160 Å². The minimum absolute atomic E-state index is 0.0768. The zero-order valence-electron chi connectivity index (χ0n) is 17.1. The van der Waals surface area contributed by atoms with E-state index >= 15 is 0 Å². The number of rotatable bonds is 5. The molecule has 8 heteroatoms. The Balaban J connectivity index is 0. The molecular weight excluding hydrogens is 350 g/mol. The molecule has 0 saturated carbocycles. The standard InChI is InChI=1S/C14H20N2O2.C3H5NO3.C2H6/c1-9(17)15-11-6-7-12(14(3,4)5)13(8-11)16-10(2)18;5-2-4-1-3(6)7;1-2/h6-8H,1-5H3,(H,15,17)(H,16,18);2H,1H2,(H,4,5)(H,6,7);1-2H3. The first-order valence-electron chi connectivity index (χ1n) is 8.56. The van der Waals surface area contributed by atoms with Crippen LogP contribution in [0.5, 0.6) is 0 Å². The number of carboxylic acid groups (broad SMARTS) is 1. The Morgan fingerprint density at radius 3 is 1.89 bits per heavy atom. The highest BCUT2D eigenvalue weighted by Gasteiger charge is 2.19. The van der Waals surface area contributed by atoms with Gasteiger partial charge in [-0.1, -0.05) is 40.7 Å². The summed E-state index contributed by atoms with van der Waals surface area (Å²) in [6.45, 7) is 12.8. The van der Waals surface area contributed by atoms with Crippen molar-refractivity contribution in [3.05, 3.63) is 23.8 Å². The highest BCUT2D eigenvalue weighted by Crippen LogP contribution is 2.31. The van der Waals surface area contributed by atoms with Crippen molar-refractivity contribution < 1.29 is 24.3 Å². The molecule has 0 atom stereocenters. The van der Waals surface area contributed by atoms with E-state index in [1.165, 1.54) is 13.8 Å². The quantitative estimate of drug-likeness (QED) is 0.584. The van der Waals surface area contributed by atoms with Crippen molar-refractivity contribution in [1.29, 1.82) is 0 Å². The van der Waals surface area contributed by atoms with Crippen molar-refractivity contribution >= 4 is 35.6 Å². The predicted octanol–water partition coefficient (Wildman–Crippen LogP) is 2.74. The van der Waals surface area contributed by atoms with Crippen LogP contribution in [0.2, 0.25) is 0 Å². The minimum Gasteiger partial charge on any atom is -0.480 e. The molecule has 1 aromatic carbocycles. The monoisotopic (exact) mass is 381 g/mol. The van der Waals surface area contributed by atoms with Gasteiger partial charge in [-0.15, -0.1) is 0 Å². The van der Waals surface area contributed by atoms with Gasteiger partial charge >= 0.3 is 5.97 Å². The van der Waals surface area contributed by atoms with Gasteiger partial charge in [0.25, 0.3) is 0 Å². The summed E-state index contributed by atoms with van der Waals surface area (Å²) < 4.78 is 0. The summed E-state index contributed by atoms with van der Waals surface area (Å²) in [5, 5.41) is 15.3. The van der Waals surface area contributed by atoms with Crippen molar-refractivity contribution in [2.24, 2.45) is 0 Å². The number of hydrogen-bond donors (Lipinski definition) is 4. The fourth-order valence-corrected chi connectivity index (χ4v) is 1.90. The van der Waals surface area contributed by atoms with Crippen LogP contribution in [0.3, 0.4) is 0 Å². The first-order valence-corrected chi connectivity index (χ1v) is 8.56. The summed E-state index contributed by atoms with van der Waals surface area (Å²) >= 11 is 0. The largest absolute Gasteiger partial charge is 0.480 e. The molecule has 0 spiro atoms. The lowest BCUT2D eigenvalue weighted by Gasteiger charge is -2.23. The Morgan fingerprint density at radius 2 is 1.56 bits per heavy atom.